The Morgan fingerprint density at radius 2 is 1.88 bits per heavy atom. The number of benzene rings is 2. The molecular formula is C27H35ClN4O. The van der Waals surface area contributed by atoms with Crippen LogP contribution in [0, 0.1) is 5.92 Å². The summed E-state index contributed by atoms with van der Waals surface area (Å²) in [7, 11) is 4.08. The van der Waals surface area contributed by atoms with Gasteiger partial charge in [-0.25, -0.2) is 0 Å². The van der Waals surface area contributed by atoms with E-state index in [1.54, 1.807) is 6.20 Å². The van der Waals surface area contributed by atoms with Gasteiger partial charge in [0, 0.05) is 35.8 Å². The Morgan fingerprint density at radius 3 is 2.48 bits per heavy atom. The second kappa shape index (κ2) is 12.0. The van der Waals surface area contributed by atoms with Crippen molar-refractivity contribution in [2.75, 3.05) is 20.6 Å². The number of hydrogen-bond acceptors (Lipinski definition) is 3. The minimum Gasteiger partial charge on any atom is -0.355 e. The molecule has 33 heavy (non-hydrogen) atoms. The van der Waals surface area contributed by atoms with Gasteiger partial charge in [-0.2, -0.15) is 5.10 Å². The summed E-state index contributed by atoms with van der Waals surface area (Å²) in [5.74, 6) is 0.858. The van der Waals surface area contributed by atoms with Crippen molar-refractivity contribution >= 4 is 17.5 Å². The van der Waals surface area contributed by atoms with E-state index < -0.39 is 0 Å². The monoisotopic (exact) mass is 466 g/mol. The molecule has 0 saturated heterocycles. The molecule has 2 N–H and O–H groups in total. The van der Waals surface area contributed by atoms with Crippen LogP contribution in [0.1, 0.15) is 43.7 Å². The van der Waals surface area contributed by atoms with Crippen LogP contribution in [0.15, 0.2) is 60.9 Å². The van der Waals surface area contributed by atoms with Crippen molar-refractivity contribution in [1.29, 1.82) is 0 Å². The first-order valence-corrected chi connectivity index (χ1v) is 12.0. The summed E-state index contributed by atoms with van der Waals surface area (Å²) in [6, 6.07) is 16.6. The average Bonchev–Trinajstić information content (AvgIpc) is 3.32. The lowest BCUT2D eigenvalue weighted by Gasteiger charge is -2.26. The number of aromatic nitrogens is 2. The van der Waals surface area contributed by atoms with E-state index in [4.69, 9.17) is 11.6 Å². The third kappa shape index (κ3) is 7.44. The lowest BCUT2D eigenvalue weighted by Crippen LogP contribution is -2.42. The lowest BCUT2D eigenvalue weighted by atomic mass is 9.87. The molecule has 2 atom stereocenters. The highest BCUT2D eigenvalue weighted by Crippen LogP contribution is 2.28. The fraction of sp³-hybridized carbons (Fsp3) is 0.407. The molecule has 0 spiro atoms. The minimum absolute atomic E-state index is 0.0951. The quantitative estimate of drug-likeness (QED) is 0.390. The molecule has 0 unspecified atom stereocenters. The fourth-order valence-electron chi connectivity index (χ4n) is 4.15. The number of likely N-dealkylation sites (N-methyl/N-ethyl adjacent to an activating group) is 1. The zero-order chi connectivity index (χ0) is 23.8. The van der Waals surface area contributed by atoms with Gasteiger partial charge >= 0.3 is 0 Å². The zero-order valence-corrected chi connectivity index (χ0v) is 20.8. The molecule has 0 fully saturated rings. The van der Waals surface area contributed by atoms with E-state index in [0.717, 1.165) is 34.6 Å². The van der Waals surface area contributed by atoms with Gasteiger partial charge in [-0.05, 0) is 61.5 Å². The highest BCUT2D eigenvalue weighted by atomic mass is 35.5. The smallest absolute Gasteiger partial charge is 0.220 e. The number of carbonyl (C=O) groups is 1. The van der Waals surface area contributed by atoms with E-state index in [2.05, 4.69) is 58.5 Å². The van der Waals surface area contributed by atoms with Gasteiger partial charge in [-0.1, -0.05) is 67.9 Å². The van der Waals surface area contributed by atoms with Crippen LogP contribution in [-0.4, -0.2) is 47.7 Å². The van der Waals surface area contributed by atoms with Gasteiger partial charge in [0.2, 0.25) is 5.91 Å². The van der Waals surface area contributed by atoms with E-state index in [1.807, 2.05) is 44.6 Å². The molecule has 0 saturated carbocycles. The summed E-state index contributed by atoms with van der Waals surface area (Å²) in [6.07, 6.45) is 5.89. The first kappa shape index (κ1) is 25.0. The first-order valence-electron chi connectivity index (χ1n) is 11.6. The minimum atomic E-state index is 0.0951. The molecule has 0 radical (unpaired) electrons. The van der Waals surface area contributed by atoms with Gasteiger partial charge in [-0.15, -0.1) is 0 Å². The SMILES string of the molecule is CC(C)C[C@@H](CC(=O)NC[C@H](Cc1ccc(-c2cn[nH]c2)cc1Cl)N(C)C)c1ccccc1. The highest BCUT2D eigenvalue weighted by molar-refractivity contribution is 6.31. The van der Waals surface area contributed by atoms with Crippen LogP contribution in [-0.2, 0) is 11.2 Å². The average molecular weight is 467 g/mol. The Bertz CT molecular complexity index is 1000. The summed E-state index contributed by atoms with van der Waals surface area (Å²) in [5, 5.41) is 10.7. The third-order valence-corrected chi connectivity index (χ3v) is 6.42. The number of carbonyl (C=O) groups excluding carboxylic acids is 1. The van der Waals surface area contributed by atoms with E-state index >= 15 is 0 Å². The summed E-state index contributed by atoms with van der Waals surface area (Å²) in [5.41, 5.74) is 4.34. The molecule has 1 amide bonds. The normalized spacial score (nSPS) is 13.3. The van der Waals surface area contributed by atoms with E-state index in [1.165, 1.54) is 5.56 Å². The molecule has 0 bridgehead atoms. The van der Waals surface area contributed by atoms with Crippen molar-refractivity contribution in [1.82, 2.24) is 20.4 Å². The Kier molecular flexibility index (Phi) is 9.10. The predicted octanol–water partition coefficient (Wildman–Crippen LogP) is 5.54. The van der Waals surface area contributed by atoms with Crippen LogP contribution in [0.5, 0.6) is 0 Å². The van der Waals surface area contributed by atoms with Gasteiger partial charge in [-0.3, -0.25) is 9.89 Å². The van der Waals surface area contributed by atoms with Gasteiger partial charge in [0.25, 0.3) is 0 Å². The van der Waals surface area contributed by atoms with Crippen molar-refractivity contribution in [2.45, 2.75) is 45.1 Å². The summed E-state index contributed by atoms with van der Waals surface area (Å²) >= 11 is 6.61. The Morgan fingerprint density at radius 1 is 1.12 bits per heavy atom. The number of hydrogen-bond donors (Lipinski definition) is 2. The van der Waals surface area contributed by atoms with Crippen molar-refractivity contribution in [3.63, 3.8) is 0 Å². The van der Waals surface area contributed by atoms with Crippen LogP contribution in [0.25, 0.3) is 11.1 Å². The molecule has 3 aromatic rings. The summed E-state index contributed by atoms with van der Waals surface area (Å²) in [6.45, 7) is 4.99. The van der Waals surface area contributed by atoms with E-state index in [9.17, 15) is 4.79 Å². The molecule has 0 aliphatic rings. The molecule has 2 aromatic carbocycles. The van der Waals surface area contributed by atoms with Gasteiger partial charge in [0.1, 0.15) is 0 Å². The molecule has 5 nitrogen and oxygen atoms in total. The van der Waals surface area contributed by atoms with Gasteiger partial charge in [0.05, 0.1) is 6.20 Å². The van der Waals surface area contributed by atoms with Crippen molar-refractivity contribution in [3.05, 3.63) is 77.1 Å². The largest absolute Gasteiger partial charge is 0.355 e. The summed E-state index contributed by atoms with van der Waals surface area (Å²) in [4.78, 5) is 15.0. The van der Waals surface area contributed by atoms with Crippen LogP contribution in [0.3, 0.4) is 0 Å². The number of halogens is 1. The van der Waals surface area contributed by atoms with Crippen LogP contribution >= 0.6 is 11.6 Å². The number of aromatic amines is 1. The molecule has 176 valence electrons. The molecule has 3 rings (SSSR count). The lowest BCUT2D eigenvalue weighted by molar-refractivity contribution is -0.121. The predicted molar refractivity (Wildman–Crippen MR) is 136 cm³/mol. The number of amides is 1. The van der Waals surface area contributed by atoms with Crippen LogP contribution in [0.4, 0.5) is 0 Å². The third-order valence-electron chi connectivity index (χ3n) is 6.06. The molecule has 6 heteroatoms. The second-order valence-corrected chi connectivity index (χ2v) is 9.77. The summed E-state index contributed by atoms with van der Waals surface area (Å²) < 4.78 is 0. The first-order chi connectivity index (χ1) is 15.8. The topological polar surface area (TPSA) is 61.0 Å². The van der Waals surface area contributed by atoms with Crippen molar-refractivity contribution < 1.29 is 4.79 Å². The van der Waals surface area contributed by atoms with Gasteiger partial charge < -0.3 is 10.2 Å². The van der Waals surface area contributed by atoms with E-state index in [-0.39, 0.29) is 17.9 Å². The molecule has 0 aliphatic carbocycles. The maximum Gasteiger partial charge on any atom is 0.220 e. The van der Waals surface area contributed by atoms with E-state index in [0.29, 0.717) is 18.9 Å². The fourth-order valence-corrected chi connectivity index (χ4v) is 4.41. The van der Waals surface area contributed by atoms with Crippen molar-refractivity contribution in [2.24, 2.45) is 5.92 Å². The molecule has 1 aromatic heterocycles. The number of rotatable bonds is 11. The number of nitrogens with zero attached hydrogens (tertiary/aromatic N) is 2. The zero-order valence-electron chi connectivity index (χ0n) is 20.0. The number of nitrogens with one attached hydrogen (secondary N) is 2. The van der Waals surface area contributed by atoms with Crippen LogP contribution in [0.2, 0.25) is 5.02 Å². The van der Waals surface area contributed by atoms with Crippen LogP contribution < -0.4 is 5.32 Å². The highest BCUT2D eigenvalue weighted by Gasteiger charge is 2.20. The molecule has 0 aliphatic heterocycles. The molecular weight excluding hydrogens is 432 g/mol. The molecule has 1 heterocycles. The Hall–Kier alpha value is -2.63. The Balaban J connectivity index is 1.61. The Labute approximate surface area is 202 Å². The second-order valence-electron chi connectivity index (χ2n) is 9.36. The number of H-pyrrole nitrogens is 1. The van der Waals surface area contributed by atoms with Gasteiger partial charge in [0.15, 0.2) is 0 Å². The standard InChI is InChI=1S/C27H35ClN4O/c1-19(2)12-23(20-8-6-5-7-9-20)15-27(33)29-18-25(32(3)4)13-22-11-10-21(14-26(22)28)24-16-30-31-17-24/h5-11,14,16-17,19,23,25H,12-13,15,18H2,1-4H3,(H,29,33)(H,30,31)/t23-,25-/m0/s1. The maximum atomic E-state index is 12.9. The maximum absolute atomic E-state index is 12.9. The van der Waals surface area contributed by atoms with Crippen molar-refractivity contribution in [3.8, 4) is 11.1 Å².